The van der Waals surface area contributed by atoms with Crippen LogP contribution < -0.4 is 5.73 Å². The van der Waals surface area contributed by atoms with Gasteiger partial charge in [0.1, 0.15) is 0 Å². The molecule has 0 radical (unpaired) electrons. The summed E-state index contributed by atoms with van der Waals surface area (Å²) in [6, 6.07) is 0. The van der Waals surface area contributed by atoms with Crippen molar-refractivity contribution in [2.24, 2.45) is 5.73 Å². The lowest BCUT2D eigenvalue weighted by molar-refractivity contribution is -0.000367. The summed E-state index contributed by atoms with van der Waals surface area (Å²) < 4.78 is 10.6. The Morgan fingerprint density at radius 3 is 2.57 bits per heavy atom. The number of aliphatic hydroxyl groups is 1. The second-order valence-corrected chi connectivity index (χ2v) is 3.89. The molecule has 0 bridgehead atoms. The molecule has 4 heteroatoms. The van der Waals surface area contributed by atoms with Gasteiger partial charge in [-0.3, -0.25) is 0 Å². The van der Waals surface area contributed by atoms with Crippen molar-refractivity contribution in [2.45, 2.75) is 38.8 Å². The van der Waals surface area contributed by atoms with Crippen LogP contribution in [0.2, 0.25) is 0 Å². The number of ether oxygens (including phenoxy) is 2. The zero-order valence-electron chi connectivity index (χ0n) is 9.45. The molecule has 2 unspecified atom stereocenters. The smallest absolute Gasteiger partial charge is 0.0704 e. The van der Waals surface area contributed by atoms with Gasteiger partial charge in [-0.15, -0.1) is 0 Å². The van der Waals surface area contributed by atoms with Gasteiger partial charge in [-0.1, -0.05) is 0 Å². The van der Waals surface area contributed by atoms with Gasteiger partial charge in [0.2, 0.25) is 0 Å². The quantitative estimate of drug-likeness (QED) is 0.567. The van der Waals surface area contributed by atoms with Crippen LogP contribution in [-0.4, -0.2) is 43.2 Å². The minimum atomic E-state index is -0.551. The van der Waals surface area contributed by atoms with Crippen LogP contribution in [0.25, 0.3) is 0 Å². The molecular weight excluding hydrogens is 182 g/mol. The molecule has 0 saturated carbocycles. The van der Waals surface area contributed by atoms with Crippen LogP contribution >= 0.6 is 0 Å². The summed E-state index contributed by atoms with van der Waals surface area (Å²) >= 11 is 0. The third-order valence-corrected chi connectivity index (χ3v) is 1.95. The molecule has 0 heterocycles. The van der Waals surface area contributed by atoms with Gasteiger partial charge < -0.3 is 20.3 Å². The Morgan fingerprint density at radius 1 is 1.43 bits per heavy atom. The highest BCUT2D eigenvalue weighted by Crippen LogP contribution is 2.10. The molecular formula is C10H23NO3. The minimum absolute atomic E-state index is 0.0217. The number of rotatable bonds is 8. The van der Waals surface area contributed by atoms with E-state index in [2.05, 4.69) is 0 Å². The van der Waals surface area contributed by atoms with E-state index in [9.17, 15) is 0 Å². The standard InChI is InChI=1S/C10H23NO3/c1-4-13-5-6-14-9(2)7-10(3,11)8-12/h9,12H,4-8,11H2,1-3H3. The summed E-state index contributed by atoms with van der Waals surface area (Å²) in [5.74, 6) is 0. The molecule has 3 N–H and O–H groups in total. The Balaban J connectivity index is 3.49. The topological polar surface area (TPSA) is 64.7 Å². The van der Waals surface area contributed by atoms with E-state index in [0.29, 0.717) is 26.2 Å². The summed E-state index contributed by atoms with van der Waals surface area (Å²) in [5.41, 5.74) is 5.24. The fourth-order valence-electron chi connectivity index (χ4n) is 1.23. The van der Waals surface area contributed by atoms with E-state index in [1.165, 1.54) is 0 Å². The van der Waals surface area contributed by atoms with Crippen molar-refractivity contribution in [2.75, 3.05) is 26.4 Å². The Hall–Kier alpha value is -0.160. The normalized spacial score (nSPS) is 17.8. The van der Waals surface area contributed by atoms with Gasteiger partial charge in [0, 0.05) is 12.1 Å². The van der Waals surface area contributed by atoms with Crippen molar-refractivity contribution in [3.8, 4) is 0 Å². The van der Waals surface area contributed by atoms with Crippen LogP contribution in [0.15, 0.2) is 0 Å². The van der Waals surface area contributed by atoms with Crippen LogP contribution in [-0.2, 0) is 9.47 Å². The maximum Gasteiger partial charge on any atom is 0.0704 e. The van der Waals surface area contributed by atoms with Crippen LogP contribution in [0.5, 0.6) is 0 Å². The number of hydrogen-bond acceptors (Lipinski definition) is 4. The molecule has 0 amide bonds. The monoisotopic (exact) mass is 205 g/mol. The third kappa shape index (κ3) is 7.26. The lowest BCUT2D eigenvalue weighted by Crippen LogP contribution is -2.43. The molecule has 0 aliphatic heterocycles. The van der Waals surface area contributed by atoms with Crippen molar-refractivity contribution < 1.29 is 14.6 Å². The van der Waals surface area contributed by atoms with E-state index in [1.807, 2.05) is 20.8 Å². The molecule has 4 nitrogen and oxygen atoms in total. The highest BCUT2D eigenvalue weighted by Gasteiger charge is 2.20. The molecule has 0 fully saturated rings. The highest BCUT2D eigenvalue weighted by atomic mass is 16.5. The summed E-state index contributed by atoms with van der Waals surface area (Å²) in [5, 5.41) is 8.95. The van der Waals surface area contributed by atoms with Crippen molar-refractivity contribution in [3.05, 3.63) is 0 Å². The minimum Gasteiger partial charge on any atom is -0.394 e. The lowest BCUT2D eigenvalue weighted by atomic mass is 9.97. The zero-order chi connectivity index (χ0) is 11.0. The van der Waals surface area contributed by atoms with Gasteiger partial charge in [-0.2, -0.15) is 0 Å². The fourth-order valence-corrected chi connectivity index (χ4v) is 1.23. The first-order valence-corrected chi connectivity index (χ1v) is 5.11. The van der Waals surface area contributed by atoms with E-state index < -0.39 is 5.54 Å². The van der Waals surface area contributed by atoms with Gasteiger partial charge in [0.05, 0.1) is 25.9 Å². The molecule has 86 valence electrons. The summed E-state index contributed by atoms with van der Waals surface area (Å²) in [6.07, 6.45) is 0.702. The first kappa shape index (κ1) is 13.8. The second-order valence-electron chi connectivity index (χ2n) is 3.89. The van der Waals surface area contributed by atoms with Crippen molar-refractivity contribution in [3.63, 3.8) is 0 Å². The molecule has 0 aromatic heterocycles. The average molecular weight is 205 g/mol. The van der Waals surface area contributed by atoms with Crippen LogP contribution in [0.4, 0.5) is 0 Å². The van der Waals surface area contributed by atoms with Gasteiger partial charge in [0.25, 0.3) is 0 Å². The Labute approximate surface area is 86.4 Å². The molecule has 0 aromatic rings. The number of hydrogen-bond donors (Lipinski definition) is 2. The highest BCUT2D eigenvalue weighted by molar-refractivity contribution is 4.79. The molecule has 0 spiro atoms. The lowest BCUT2D eigenvalue weighted by Gasteiger charge is -2.25. The van der Waals surface area contributed by atoms with Gasteiger partial charge >= 0.3 is 0 Å². The van der Waals surface area contributed by atoms with E-state index in [4.69, 9.17) is 20.3 Å². The van der Waals surface area contributed by atoms with Gasteiger partial charge in [-0.25, -0.2) is 0 Å². The predicted octanol–water partition coefficient (Wildman–Crippen LogP) is 0.528. The second kappa shape index (κ2) is 7.17. The Morgan fingerprint density at radius 2 is 2.07 bits per heavy atom. The molecule has 0 aliphatic carbocycles. The third-order valence-electron chi connectivity index (χ3n) is 1.95. The first-order chi connectivity index (χ1) is 6.52. The van der Waals surface area contributed by atoms with E-state index >= 15 is 0 Å². The largest absolute Gasteiger partial charge is 0.394 e. The van der Waals surface area contributed by atoms with Crippen molar-refractivity contribution in [1.29, 1.82) is 0 Å². The van der Waals surface area contributed by atoms with Crippen LogP contribution in [0.1, 0.15) is 27.2 Å². The zero-order valence-corrected chi connectivity index (χ0v) is 9.45. The maximum atomic E-state index is 8.95. The maximum absolute atomic E-state index is 8.95. The molecule has 0 saturated heterocycles. The molecule has 0 rings (SSSR count). The van der Waals surface area contributed by atoms with Crippen LogP contribution in [0, 0.1) is 0 Å². The summed E-state index contributed by atoms with van der Waals surface area (Å²) in [7, 11) is 0. The Kier molecular flexibility index (Phi) is 7.09. The predicted molar refractivity (Wildman–Crippen MR) is 56.2 cm³/mol. The van der Waals surface area contributed by atoms with Crippen molar-refractivity contribution >= 4 is 0 Å². The van der Waals surface area contributed by atoms with Gasteiger partial charge in [0.15, 0.2) is 0 Å². The number of aliphatic hydroxyl groups excluding tert-OH is 1. The number of nitrogens with two attached hydrogens (primary N) is 1. The first-order valence-electron chi connectivity index (χ1n) is 5.11. The molecule has 14 heavy (non-hydrogen) atoms. The van der Waals surface area contributed by atoms with Gasteiger partial charge in [-0.05, 0) is 27.2 Å². The molecule has 0 aliphatic rings. The molecule has 2 atom stereocenters. The SMILES string of the molecule is CCOCCOC(C)CC(C)(N)CO. The summed E-state index contributed by atoms with van der Waals surface area (Å²) in [6.45, 7) is 7.60. The average Bonchev–Trinajstić information content (AvgIpc) is 2.12. The van der Waals surface area contributed by atoms with E-state index in [-0.39, 0.29) is 12.7 Å². The Bertz CT molecular complexity index is 139. The fraction of sp³-hybridized carbons (Fsp3) is 1.00. The van der Waals surface area contributed by atoms with Crippen molar-refractivity contribution in [1.82, 2.24) is 0 Å². The summed E-state index contributed by atoms with van der Waals surface area (Å²) in [4.78, 5) is 0. The van der Waals surface area contributed by atoms with E-state index in [0.717, 1.165) is 0 Å². The molecule has 0 aromatic carbocycles. The van der Waals surface area contributed by atoms with E-state index in [1.54, 1.807) is 0 Å². The van der Waals surface area contributed by atoms with Crippen LogP contribution in [0.3, 0.4) is 0 Å².